The van der Waals surface area contributed by atoms with Crippen molar-refractivity contribution in [2.45, 2.75) is 18.1 Å². The van der Waals surface area contributed by atoms with Gasteiger partial charge in [-0.15, -0.1) is 0 Å². The number of nitrogens with zero attached hydrogens (tertiary/aromatic N) is 1. The summed E-state index contributed by atoms with van der Waals surface area (Å²) in [6.45, 7) is 0.101. The van der Waals surface area contributed by atoms with Crippen LogP contribution in [0, 0.1) is 17.6 Å². The Bertz CT molecular complexity index is 1020. The number of carbonyl (C=O) groups excluding carboxylic acids is 1. The second-order valence-electron chi connectivity index (χ2n) is 7.44. The second-order valence-corrected chi connectivity index (χ2v) is 8.45. The lowest BCUT2D eigenvalue weighted by molar-refractivity contribution is -0.0351. The van der Waals surface area contributed by atoms with Crippen molar-refractivity contribution in [3.05, 3.63) is 83.6 Å². The van der Waals surface area contributed by atoms with Gasteiger partial charge < -0.3 is 14.8 Å². The highest BCUT2D eigenvalue weighted by Gasteiger charge is 2.49. The molecule has 0 aliphatic carbocycles. The zero-order valence-electron chi connectivity index (χ0n) is 16.9. The molecule has 0 bridgehead atoms. The van der Waals surface area contributed by atoms with E-state index in [2.05, 4.69) is 5.32 Å². The van der Waals surface area contributed by atoms with Crippen molar-refractivity contribution in [1.29, 1.82) is 0 Å². The molecular weight excluding hydrogens is 422 g/mol. The fourth-order valence-corrected chi connectivity index (χ4v) is 5.10. The molecule has 4 rings (SSSR count). The van der Waals surface area contributed by atoms with Crippen molar-refractivity contribution in [2.75, 3.05) is 19.5 Å². The molecule has 0 unspecified atom stereocenters. The zero-order valence-corrected chi connectivity index (χ0v) is 17.7. The Hall–Kier alpha value is -2.71. The molecule has 1 fully saturated rings. The fraction of sp³-hybridized carbons (Fsp3) is 0.304. The fourth-order valence-electron chi connectivity index (χ4n) is 3.94. The molecule has 2 heterocycles. The van der Waals surface area contributed by atoms with Crippen LogP contribution < -0.4 is 5.32 Å². The number of ether oxygens (including phenoxy) is 2. The number of amidine groups is 1. The molecule has 1 saturated heterocycles. The van der Waals surface area contributed by atoms with E-state index in [1.807, 2.05) is 12.1 Å². The van der Waals surface area contributed by atoms with Crippen molar-refractivity contribution < 1.29 is 23.0 Å². The Morgan fingerprint density at radius 2 is 2.10 bits per heavy atom. The molecule has 0 radical (unpaired) electrons. The second kappa shape index (κ2) is 9.20. The first-order valence-corrected chi connectivity index (χ1v) is 10.9. The van der Waals surface area contributed by atoms with Gasteiger partial charge in [-0.05, 0) is 30.7 Å². The SMILES string of the molecule is CO/C=C/[C@H]1C[C@H]2CSC(NC(=O)c3ccccc3)=N[C@@]2(c2ccc(F)cc2F)CO1. The van der Waals surface area contributed by atoms with Crippen LogP contribution in [-0.4, -0.2) is 36.6 Å². The predicted octanol–water partition coefficient (Wildman–Crippen LogP) is 4.26. The van der Waals surface area contributed by atoms with Crippen LogP contribution in [-0.2, 0) is 15.0 Å². The van der Waals surface area contributed by atoms with Crippen LogP contribution in [0.25, 0.3) is 0 Å². The molecule has 0 spiro atoms. The summed E-state index contributed by atoms with van der Waals surface area (Å²) < 4.78 is 39.4. The first-order chi connectivity index (χ1) is 15.0. The van der Waals surface area contributed by atoms with E-state index in [1.54, 1.807) is 37.6 Å². The average molecular weight is 445 g/mol. The van der Waals surface area contributed by atoms with Gasteiger partial charge in [-0.1, -0.05) is 36.0 Å². The highest BCUT2D eigenvalue weighted by molar-refractivity contribution is 8.13. The number of amides is 1. The molecule has 2 aromatic carbocycles. The minimum Gasteiger partial charge on any atom is -0.505 e. The highest BCUT2D eigenvalue weighted by atomic mass is 32.2. The summed E-state index contributed by atoms with van der Waals surface area (Å²) in [5.74, 6) is -1.10. The smallest absolute Gasteiger partial charge is 0.257 e. The number of methoxy groups -OCH3 is 1. The lowest BCUT2D eigenvalue weighted by Gasteiger charge is -2.46. The maximum absolute atomic E-state index is 14.9. The third-order valence-corrected chi connectivity index (χ3v) is 6.55. The van der Waals surface area contributed by atoms with Crippen molar-refractivity contribution >= 4 is 22.8 Å². The summed E-state index contributed by atoms with van der Waals surface area (Å²) in [5, 5.41) is 3.22. The molecular formula is C23H22F2N2O3S. The minimum atomic E-state index is -1.06. The topological polar surface area (TPSA) is 59.9 Å². The Balaban J connectivity index is 1.68. The molecule has 2 aromatic rings. The highest BCUT2D eigenvalue weighted by Crippen LogP contribution is 2.47. The van der Waals surface area contributed by atoms with E-state index in [0.29, 0.717) is 22.9 Å². The number of halogens is 2. The van der Waals surface area contributed by atoms with Crippen LogP contribution >= 0.6 is 11.8 Å². The molecule has 2 aliphatic rings. The van der Waals surface area contributed by atoms with Gasteiger partial charge in [0.25, 0.3) is 5.91 Å². The van der Waals surface area contributed by atoms with E-state index in [-0.39, 0.29) is 30.1 Å². The van der Waals surface area contributed by atoms with Gasteiger partial charge in [0.1, 0.15) is 17.2 Å². The van der Waals surface area contributed by atoms with E-state index >= 15 is 0 Å². The molecule has 0 saturated carbocycles. The summed E-state index contributed by atoms with van der Waals surface area (Å²) >= 11 is 1.41. The van der Waals surface area contributed by atoms with Gasteiger partial charge in [0, 0.05) is 28.9 Å². The Labute approximate surface area is 183 Å². The first-order valence-electron chi connectivity index (χ1n) is 9.87. The van der Waals surface area contributed by atoms with E-state index in [0.717, 1.165) is 6.07 Å². The van der Waals surface area contributed by atoms with Gasteiger partial charge in [-0.25, -0.2) is 13.8 Å². The number of fused-ring (bicyclic) bond motifs is 1. The van der Waals surface area contributed by atoms with Gasteiger partial charge in [-0.2, -0.15) is 0 Å². The standard InChI is InChI=1S/C23H22F2N2O3S/c1-29-10-9-18-11-16-13-31-22(26-21(28)15-5-3-2-4-6-15)27-23(16,14-30-18)19-8-7-17(24)12-20(19)25/h2-10,12,16,18H,11,13-14H2,1H3,(H,26,27,28)/b10-9+/t16-,18-,23-/m0/s1. The van der Waals surface area contributed by atoms with Crippen molar-refractivity contribution in [2.24, 2.45) is 10.9 Å². The first kappa shape index (κ1) is 21.5. The predicted molar refractivity (Wildman–Crippen MR) is 116 cm³/mol. The normalized spacial score (nSPS) is 25.6. The Kier molecular flexibility index (Phi) is 6.38. The third kappa shape index (κ3) is 4.50. The number of nitrogens with one attached hydrogen (secondary N) is 1. The number of hydrogen-bond donors (Lipinski definition) is 1. The zero-order chi connectivity index (χ0) is 21.8. The van der Waals surface area contributed by atoms with E-state index < -0.39 is 17.2 Å². The number of hydrogen-bond acceptors (Lipinski definition) is 5. The van der Waals surface area contributed by atoms with Crippen molar-refractivity contribution in [1.82, 2.24) is 5.32 Å². The number of benzene rings is 2. The number of carbonyl (C=O) groups is 1. The monoisotopic (exact) mass is 444 g/mol. The summed E-state index contributed by atoms with van der Waals surface area (Å²) in [4.78, 5) is 17.4. The van der Waals surface area contributed by atoms with E-state index in [9.17, 15) is 13.6 Å². The molecule has 2 aliphatic heterocycles. The maximum Gasteiger partial charge on any atom is 0.257 e. The molecule has 8 heteroatoms. The number of aliphatic imine (C=N–C) groups is 1. The quantitative estimate of drug-likeness (QED) is 0.716. The van der Waals surface area contributed by atoms with Crippen LogP contribution in [0.5, 0.6) is 0 Å². The number of rotatable bonds is 4. The van der Waals surface area contributed by atoms with Crippen molar-refractivity contribution in [3.8, 4) is 0 Å². The Morgan fingerprint density at radius 3 is 2.84 bits per heavy atom. The number of thioether (sulfide) groups is 1. The van der Waals surface area contributed by atoms with E-state index in [4.69, 9.17) is 14.5 Å². The average Bonchev–Trinajstić information content (AvgIpc) is 2.78. The van der Waals surface area contributed by atoms with Gasteiger partial charge in [0.2, 0.25) is 0 Å². The maximum atomic E-state index is 14.9. The lowest BCUT2D eigenvalue weighted by atomic mass is 9.75. The van der Waals surface area contributed by atoms with Crippen LogP contribution in [0.2, 0.25) is 0 Å². The van der Waals surface area contributed by atoms with Gasteiger partial charge in [0.15, 0.2) is 5.17 Å². The molecule has 162 valence electrons. The van der Waals surface area contributed by atoms with Crippen LogP contribution in [0.3, 0.4) is 0 Å². The molecule has 0 aromatic heterocycles. The molecule has 1 N–H and O–H groups in total. The molecule has 31 heavy (non-hydrogen) atoms. The summed E-state index contributed by atoms with van der Waals surface area (Å²) in [7, 11) is 1.56. The van der Waals surface area contributed by atoms with Gasteiger partial charge in [-0.3, -0.25) is 4.79 Å². The van der Waals surface area contributed by atoms with Crippen LogP contribution in [0.4, 0.5) is 8.78 Å². The molecule has 3 atom stereocenters. The van der Waals surface area contributed by atoms with E-state index in [1.165, 1.54) is 23.9 Å². The van der Waals surface area contributed by atoms with Crippen molar-refractivity contribution in [3.63, 3.8) is 0 Å². The van der Waals surface area contributed by atoms with Gasteiger partial charge in [0.05, 0.1) is 26.1 Å². The summed E-state index contributed by atoms with van der Waals surface area (Å²) in [5.41, 5.74) is -0.292. The summed E-state index contributed by atoms with van der Waals surface area (Å²) in [6, 6.07) is 12.3. The van der Waals surface area contributed by atoms with Crippen LogP contribution in [0.1, 0.15) is 22.3 Å². The molecule has 1 amide bonds. The largest absolute Gasteiger partial charge is 0.505 e. The third-order valence-electron chi connectivity index (χ3n) is 5.52. The van der Waals surface area contributed by atoms with Crippen LogP contribution in [0.15, 0.2) is 65.9 Å². The minimum absolute atomic E-state index is 0.0740. The van der Waals surface area contributed by atoms with Gasteiger partial charge >= 0.3 is 0 Å². The summed E-state index contributed by atoms with van der Waals surface area (Å²) in [6.07, 6.45) is 3.76. The lowest BCUT2D eigenvalue weighted by Crippen LogP contribution is -2.51. The molecule has 5 nitrogen and oxygen atoms in total. The Morgan fingerprint density at radius 1 is 1.29 bits per heavy atom.